The molecule has 2 heterocycles. The number of hydrogen-bond donors (Lipinski definition) is 1. The maximum atomic E-state index is 12.9. The SMILES string of the molecule is C=C(C)C(=O)/C=C1/c2cccc(c2)CCOc2cc(ccc2Cl)C(O)(C2=CN=CC2=C)c2ccc(C)c1c2. The van der Waals surface area contributed by atoms with E-state index in [1.807, 2.05) is 43.3 Å². The summed E-state index contributed by atoms with van der Waals surface area (Å²) in [5.41, 5.74) is 5.69. The third-order valence-electron chi connectivity index (χ3n) is 7.05. The number of aliphatic imine (C=N–C) groups is 1. The van der Waals surface area contributed by atoms with Crippen molar-refractivity contribution in [3.05, 3.63) is 141 Å². The number of ketones is 1. The lowest BCUT2D eigenvalue weighted by Gasteiger charge is -2.32. The highest BCUT2D eigenvalue weighted by Gasteiger charge is 2.39. The molecule has 2 aliphatic rings. The lowest BCUT2D eigenvalue weighted by Crippen LogP contribution is -2.30. The summed E-state index contributed by atoms with van der Waals surface area (Å²) in [7, 11) is 0. The topological polar surface area (TPSA) is 58.9 Å². The first-order chi connectivity index (χ1) is 18.2. The van der Waals surface area contributed by atoms with E-state index in [0.29, 0.717) is 51.6 Å². The molecule has 3 aromatic carbocycles. The molecule has 3 aromatic rings. The van der Waals surface area contributed by atoms with Crippen molar-refractivity contribution in [3.63, 3.8) is 0 Å². The molecule has 6 bridgehead atoms. The number of allylic oxidation sites excluding steroid dienone is 2. The zero-order valence-electron chi connectivity index (χ0n) is 21.4. The van der Waals surface area contributed by atoms with Crippen molar-refractivity contribution in [1.29, 1.82) is 0 Å². The van der Waals surface area contributed by atoms with Gasteiger partial charge in [-0.25, -0.2) is 0 Å². The Bertz CT molecular complexity index is 1590. The lowest BCUT2D eigenvalue weighted by atomic mass is 9.76. The van der Waals surface area contributed by atoms with Crippen LogP contribution in [-0.4, -0.2) is 23.7 Å². The number of carbonyl (C=O) groups excluding carboxylic acids is 1. The molecular formula is C33H28ClNO3. The van der Waals surface area contributed by atoms with E-state index in [1.165, 1.54) is 0 Å². The van der Waals surface area contributed by atoms with Gasteiger partial charge in [-0.05, 0) is 88.2 Å². The smallest absolute Gasteiger partial charge is 0.181 e. The van der Waals surface area contributed by atoms with Crippen molar-refractivity contribution >= 4 is 29.2 Å². The van der Waals surface area contributed by atoms with Crippen molar-refractivity contribution in [1.82, 2.24) is 0 Å². The standard InChI is InChI=1S/C33H28ClNO3/c1-20(2)31(36)17-28-24-7-5-6-23(14-24)12-13-38-32-16-26(10-11-30(32)34)33(37,29-19-35-18-22(29)4)25-9-8-21(3)27(28)15-25/h5-11,14-19,37H,1,4,12-13H2,2-3H3/b28-17-. The van der Waals surface area contributed by atoms with Crippen LogP contribution in [0.1, 0.15) is 40.3 Å². The molecule has 0 aliphatic carbocycles. The summed E-state index contributed by atoms with van der Waals surface area (Å²) in [6, 6.07) is 19.1. The average molecular weight is 522 g/mol. The van der Waals surface area contributed by atoms with E-state index in [4.69, 9.17) is 16.3 Å². The number of fused-ring (bicyclic) bond motifs is 6. The highest BCUT2D eigenvalue weighted by Crippen LogP contribution is 2.44. The molecule has 0 amide bonds. The molecule has 1 atom stereocenters. The Labute approximate surface area is 228 Å². The van der Waals surface area contributed by atoms with Crippen LogP contribution in [0.2, 0.25) is 5.02 Å². The van der Waals surface area contributed by atoms with Crippen LogP contribution in [0, 0.1) is 6.92 Å². The molecule has 190 valence electrons. The summed E-state index contributed by atoms with van der Waals surface area (Å²) in [6.07, 6.45) is 5.52. The molecule has 1 N–H and O–H groups in total. The number of aliphatic hydroxyl groups is 1. The van der Waals surface area contributed by atoms with E-state index >= 15 is 0 Å². The third-order valence-corrected chi connectivity index (χ3v) is 7.36. The van der Waals surface area contributed by atoms with E-state index in [1.54, 1.807) is 43.6 Å². The van der Waals surface area contributed by atoms with Crippen molar-refractivity contribution in [3.8, 4) is 5.75 Å². The summed E-state index contributed by atoms with van der Waals surface area (Å²) in [6.45, 7) is 12.0. The molecule has 5 heteroatoms. The molecule has 5 rings (SSSR count). The van der Waals surface area contributed by atoms with Gasteiger partial charge in [0.25, 0.3) is 0 Å². The molecule has 2 aliphatic heterocycles. The first-order valence-corrected chi connectivity index (χ1v) is 12.8. The predicted octanol–water partition coefficient (Wildman–Crippen LogP) is 6.92. The zero-order valence-corrected chi connectivity index (χ0v) is 22.2. The number of ether oxygens (including phenoxy) is 1. The Balaban J connectivity index is 1.84. The average Bonchev–Trinajstić information content (AvgIpc) is 3.34. The van der Waals surface area contributed by atoms with Gasteiger partial charge in [-0.1, -0.05) is 67.2 Å². The van der Waals surface area contributed by atoms with Crippen LogP contribution in [0.15, 0.2) is 108 Å². The van der Waals surface area contributed by atoms with E-state index in [2.05, 4.69) is 24.2 Å². The minimum absolute atomic E-state index is 0.155. The van der Waals surface area contributed by atoms with Crippen LogP contribution in [0.3, 0.4) is 0 Å². The Kier molecular flexibility index (Phi) is 6.78. The Hall–Kier alpha value is -3.99. The lowest BCUT2D eigenvalue weighted by molar-refractivity contribution is -0.111. The second kappa shape index (κ2) is 10.1. The maximum absolute atomic E-state index is 12.9. The van der Waals surface area contributed by atoms with E-state index in [-0.39, 0.29) is 5.78 Å². The number of carbonyl (C=O) groups is 1. The first kappa shape index (κ1) is 25.7. The number of aryl methyl sites for hydroxylation is 1. The molecule has 0 spiro atoms. The molecular weight excluding hydrogens is 494 g/mol. The number of benzene rings is 3. The van der Waals surface area contributed by atoms with E-state index in [0.717, 1.165) is 27.8 Å². The molecule has 0 radical (unpaired) electrons. The van der Waals surface area contributed by atoms with Crippen LogP contribution in [0.4, 0.5) is 0 Å². The molecule has 1 unspecified atom stereocenters. The zero-order chi connectivity index (χ0) is 27.0. The first-order valence-electron chi connectivity index (χ1n) is 12.4. The van der Waals surface area contributed by atoms with Gasteiger partial charge in [-0.3, -0.25) is 9.79 Å². The predicted molar refractivity (Wildman–Crippen MR) is 154 cm³/mol. The normalized spacial score (nSPS) is 19.5. The molecule has 4 nitrogen and oxygen atoms in total. The van der Waals surface area contributed by atoms with Crippen LogP contribution < -0.4 is 4.74 Å². The fourth-order valence-corrected chi connectivity index (χ4v) is 5.05. The minimum Gasteiger partial charge on any atom is -0.492 e. The molecule has 38 heavy (non-hydrogen) atoms. The molecule has 0 saturated heterocycles. The van der Waals surface area contributed by atoms with Crippen LogP contribution >= 0.6 is 11.6 Å². The van der Waals surface area contributed by atoms with Crippen molar-refractivity contribution < 1.29 is 14.6 Å². The molecule has 0 fully saturated rings. The van der Waals surface area contributed by atoms with Gasteiger partial charge in [0.15, 0.2) is 5.78 Å². The summed E-state index contributed by atoms with van der Waals surface area (Å²) < 4.78 is 6.10. The van der Waals surface area contributed by atoms with E-state index < -0.39 is 5.60 Å². The second-order valence-corrected chi connectivity index (χ2v) is 10.1. The number of nitrogens with zero attached hydrogens (tertiary/aromatic N) is 1. The fourth-order valence-electron chi connectivity index (χ4n) is 4.88. The summed E-state index contributed by atoms with van der Waals surface area (Å²) in [4.78, 5) is 17.2. The molecule has 0 aromatic heterocycles. The van der Waals surface area contributed by atoms with Gasteiger partial charge in [-0.15, -0.1) is 0 Å². The van der Waals surface area contributed by atoms with Gasteiger partial charge in [0.1, 0.15) is 11.4 Å². The van der Waals surface area contributed by atoms with Crippen molar-refractivity contribution in [2.75, 3.05) is 6.61 Å². The Morgan fingerprint density at radius 3 is 2.63 bits per heavy atom. The van der Waals surface area contributed by atoms with Crippen molar-refractivity contribution in [2.24, 2.45) is 4.99 Å². The van der Waals surface area contributed by atoms with Gasteiger partial charge in [0, 0.05) is 24.4 Å². The van der Waals surface area contributed by atoms with Crippen molar-refractivity contribution in [2.45, 2.75) is 25.9 Å². The fraction of sp³-hybridized carbons (Fsp3) is 0.152. The second-order valence-electron chi connectivity index (χ2n) is 9.73. The maximum Gasteiger partial charge on any atom is 0.181 e. The van der Waals surface area contributed by atoms with Crippen LogP contribution in [0.5, 0.6) is 5.75 Å². The highest BCUT2D eigenvalue weighted by atomic mass is 35.5. The number of halogens is 1. The Morgan fingerprint density at radius 2 is 1.89 bits per heavy atom. The van der Waals surface area contributed by atoms with Gasteiger partial charge in [0.2, 0.25) is 0 Å². The highest BCUT2D eigenvalue weighted by molar-refractivity contribution is 6.32. The number of rotatable bonds is 3. The summed E-state index contributed by atoms with van der Waals surface area (Å²) in [5, 5.41) is 13.0. The van der Waals surface area contributed by atoms with E-state index in [9.17, 15) is 9.90 Å². The molecule has 0 saturated carbocycles. The monoisotopic (exact) mass is 521 g/mol. The largest absolute Gasteiger partial charge is 0.492 e. The minimum atomic E-state index is -1.60. The summed E-state index contributed by atoms with van der Waals surface area (Å²) >= 11 is 6.50. The van der Waals surface area contributed by atoms with Crippen LogP contribution in [0.25, 0.3) is 5.57 Å². The summed E-state index contributed by atoms with van der Waals surface area (Å²) in [5.74, 6) is 0.332. The number of hydrogen-bond acceptors (Lipinski definition) is 4. The third kappa shape index (κ3) is 4.58. The van der Waals surface area contributed by atoms with Crippen LogP contribution in [-0.2, 0) is 16.8 Å². The van der Waals surface area contributed by atoms with Gasteiger partial charge < -0.3 is 9.84 Å². The Morgan fingerprint density at radius 1 is 1.13 bits per heavy atom. The van der Waals surface area contributed by atoms with Gasteiger partial charge in [-0.2, -0.15) is 0 Å². The van der Waals surface area contributed by atoms with Gasteiger partial charge >= 0.3 is 0 Å². The quantitative estimate of drug-likeness (QED) is 0.380. The van der Waals surface area contributed by atoms with Gasteiger partial charge in [0.05, 0.1) is 11.6 Å².